The number of benzene rings is 1. The molecule has 0 spiro atoms. The first-order valence-corrected chi connectivity index (χ1v) is 5.52. The lowest BCUT2D eigenvalue weighted by Gasteiger charge is -2.22. The van der Waals surface area contributed by atoms with Gasteiger partial charge in [-0.3, -0.25) is 10.1 Å². The molecule has 1 aromatic carbocycles. The first-order valence-electron chi connectivity index (χ1n) is 5.52. The first-order chi connectivity index (χ1) is 8.40. The van der Waals surface area contributed by atoms with Crippen molar-refractivity contribution in [3.63, 3.8) is 0 Å². The molecule has 0 aromatic heterocycles. The van der Waals surface area contributed by atoms with E-state index < -0.39 is 11.4 Å². The zero-order valence-corrected chi connectivity index (χ0v) is 10.8. The predicted molar refractivity (Wildman–Crippen MR) is 67.8 cm³/mol. The third kappa shape index (κ3) is 3.22. The highest BCUT2D eigenvalue weighted by molar-refractivity contribution is 5.83. The molecule has 0 fully saturated rings. The molecule has 0 aliphatic carbocycles. The molecule has 18 heavy (non-hydrogen) atoms. The molecule has 1 amide bonds. The monoisotopic (exact) mass is 247 g/mol. The minimum absolute atomic E-state index is 0.414. The summed E-state index contributed by atoms with van der Waals surface area (Å²) in [5, 5.41) is 11.9. The van der Waals surface area contributed by atoms with E-state index in [9.17, 15) is 4.79 Å². The third-order valence-electron chi connectivity index (χ3n) is 2.74. The summed E-state index contributed by atoms with van der Waals surface area (Å²) in [6.07, 6.45) is 0. The van der Waals surface area contributed by atoms with Gasteiger partial charge in [0, 0.05) is 6.54 Å². The minimum Gasteiger partial charge on any atom is -0.495 e. The standard InChI is InChI=1S/C13H17N3O2/c1-13(2,12(15)17)16-8-9-4-5-10(7-14)11(6-9)18-3/h4-6,16H,8H2,1-3H3,(H2,15,17). The fourth-order valence-electron chi connectivity index (χ4n) is 1.35. The lowest BCUT2D eigenvalue weighted by atomic mass is 10.0. The number of nitrogens with one attached hydrogen (secondary N) is 1. The van der Waals surface area contributed by atoms with E-state index in [-0.39, 0.29) is 0 Å². The number of hydrogen-bond acceptors (Lipinski definition) is 4. The Bertz CT molecular complexity index is 489. The van der Waals surface area contributed by atoms with Gasteiger partial charge in [0.05, 0.1) is 18.2 Å². The van der Waals surface area contributed by atoms with E-state index in [1.165, 1.54) is 7.11 Å². The number of amides is 1. The molecule has 0 bridgehead atoms. The maximum atomic E-state index is 11.2. The van der Waals surface area contributed by atoms with Gasteiger partial charge in [0.25, 0.3) is 0 Å². The van der Waals surface area contributed by atoms with Crippen LogP contribution in [0.1, 0.15) is 25.0 Å². The summed E-state index contributed by atoms with van der Waals surface area (Å²) in [6, 6.07) is 7.31. The van der Waals surface area contributed by atoms with Crippen molar-refractivity contribution in [2.75, 3.05) is 7.11 Å². The van der Waals surface area contributed by atoms with Crippen molar-refractivity contribution in [3.05, 3.63) is 29.3 Å². The van der Waals surface area contributed by atoms with Crippen molar-refractivity contribution in [3.8, 4) is 11.8 Å². The van der Waals surface area contributed by atoms with E-state index in [1.54, 1.807) is 26.0 Å². The van der Waals surface area contributed by atoms with Gasteiger partial charge in [0.1, 0.15) is 11.8 Å². The fourth-order valence-corrected chi connectivity index (χ4v) is 1.35. The maximum Gasteiger partial charge on any atom is 0.237 e. The molecular formula is C13H17N3O2. The molecule has 0 saturated heterocycles. The number of nitrogens with zero attached hydrogens (tertiary/aromatic N) is 1. The van der Waals surface area contributed by atoms with Crippen LogP contribution < -0.4 is 15.8 Å². The molecule has 0 aliphatic heterocycles. The first kappa shape index (κ1) is 14.0. The Labute approximate surface area is 107 Å². The Morgan fingerprint density at radius 1 is 1.56 bits per heavy atom. The number of nitrogens with two attached hydrogens (primary N) is 1. The van der Waals surface area contributed by atoms with Crippen LogP contribution in [0.25, 0.3) is 0 Å². The summed E-state index contributed by atoms with van der Waals surface area (Å²) in [6.45, 7) is 3.91. The Kier molecular flexibility index (Phi) is 4.29. The number of nitriles is 1. The van der Waals surface area contributed by atoms with Gasteiger partial charge in [0.15, 0.2) is 0 Å². The van der Waals surface area contributed by atoms with Crippen LogP contribution in [0.3, 0.4) is 0 Å². The molecule has 1 rings (SSSR count). The summed E-state index contributed by atoms with van der Waals surface area (Å²) in [5.41, 5.74) is 5.89. The number of primary amides is 1. The zero-order valence-electron chi connectivity index (χ0n) is 10.8. The normalized spacial score (nSPS) is 10.8. The van der Waals surface area contributed by atoms with Crippen LogP contribution in [0.2, 0.25) is 0 Å². The summed E-state index contributed by atoms with van der Waals surface area (Å²) in [4.78, 5) is 11.2. The summed E-state index contributed by atoms with van der Waals surface area (Å²) >= 11 is 0. The van der Waals surface area contributed by atoms with Crippen LogP contribution in [0.15, 0.2) is 18.2 Å². The number of methoxy groups -OCH3 is 1. The third-order valence-corrected chi connectivity index (χ3v) is 2.74. The van der Waals surface area contributed by atoms with Crippen molar-refractivity contribution in [1.29, 1.82) is 5.26 Å². The Balaban J connectivity index is 2.81. The molecule has 0 radical (unpaired) electrons. The highest BCUT2D eigenvalue weighted by Gasteiger charge is 2.23. The van der Waals surface area contributed by atoms with Crippen LogP contribution >= 0.6 is 0 Å². The second-order valence-corrected chi connectivity index (χ2v) is 4.49. The van der Waals surface area contributed by atoms with Crippen molar-refractivity contribution in [2.24, 2.45) is 5.73 Å². The minimum atomic E-state index is -0.777. The number of rotatable bonds is 5. The van der Waals surface area contributed by atoms with Gasteiger partial charge in [-0.25, -0.2) is 0 Å². The fraction of sp³-hybridized carbons (Fsp3) is 0.385. The molecule has 0 heterocycles. The van der Waals surface area contributed by atoms with Gasteiger partial charge in [-0.1, -0.05) is 6.07 Å². The largest absolute Gasteiger partial charge is 0.495 e. The van der Waals surface area contributed by atoms with Crippen molar-refractivity contribution >= 4 is 5.91 Å². The van der Waals surface area contributed by atoms with Gasteiger partial charge in [-0.2, -0.15) is 5.26 Å². The van der Waals surface area contributed by atoms with E-state index in [0.29, 0.717) is 17.9 Å². The van der Waals surface area contributed by atoms with E-state index in [0.717, 1.165) is 5.56 Å². The van der Waals surface area contributed by atoms with Crippen LogP contribution in [0.5, 0.6) is 5.75 Å². The lowest BCUT2D eigenvalue weighted by molar-refractivity contribution is -0.123. The van der Waals surface area contributed by atoms with E-state index in [4.69, 9.17) is 15.7 Å². The van der Waals surface area contributed by atoms with Gasteiger partial charge in [-0.05, 0) is 31.5 Å². The highest BCUT2D eigenvalue weighted by atomic mass is 16.5. The lowest BCUT2D eigenvalue weighted by Crippen LogP contribution is -2.50. The van der Waals surface area contributed by atoms with E-state index >= 15 is 0 Å². The topological polar surface area (TPSA) is 88.1 Å². The van der Waals surface area contributed by atoms with Crippen molar-refractivity contribution in [1.82, 2.24) is 5.32 Å². The summed E-state index contributed by atoms with van der Waals surface area (Å²) < 4.78 is 5.11. The number of ether oxygens (including phenoxy) is 1. The predicted octanol–water partition coefficient (Wildman–Crippen LogP) is 0.920. The summed E-state index contributed by atoms with van der Waals surface area (Å²) in [7, 11) is 1.51. The average molecular weight is 247 g/mol. The maximum absolute atomic E-state index is 11.2. The van der Waals surface area contributed by atoms with Crippen LogP contribution in [0.4, 0.5) is 0 Å². The van der Waals surface area contributed by atoms with Gasteiger partial charge < -0.3 is 10.5 Å². The van der Waals surface area contributed by atoms with Gasteiger partial charge in [0.2, 0.25) is 5.91 Å². The molecule has 96 valence electrons. The smallest absolute Gasteiger partial charge is 0.237 e. The molecule has 5 nitrogen and oxygen atoms in total. The molecule has 3 N–H and O–H groups in total. The van der Waals surface area contributed by atoms with Gasteiger partial charge in [-0.15, -0.1) is 0 Å². The van der Waals surface area contributed by atoms with E-state index in [2.05, 4.69) is 5.32 Å². The van der Waals surface area contributed by atoms with Crippen molar-refractivity contribution in [2.45, 2.75) is 25.9 Å². The van der Waals surface area contributed by atoms with Crippen LogP contribution in [-0.4, -0.2) is 18.6 Å². The van der Waals surface area contributed by atoms with E-state index in [1.807, 2.05) is 12.1 Å². The number of carbonyl (C=O) groups excluding carboxylic acids is 1. The second kappa shape index (κ2) is 5.52. The molecule has 0 aliphatic rings. The Morgan fingerprint density at radius 3 is 2.72 bits per heavy atom. The quantitative estimate of drug-likeness (QED) is 0.809. The van der Waals surface area contributed by atoms with Crippen LogP contribution in [-0.2, 0) is 11.3 Å². The average Bonchev–Trinajstić information content (AvgIpc) is 2.35. The molecule has 0 unspecified atom stereocenters. The van der Waals surface area contributed by atoms with Crippen LogP contribution in [0, 0.1) is 11.3 Å². The molecule has 1 aromatic rings. The SMILES string of the molecule is COc1cc(CNC(C)(C)C(N)=O)ccc1C#N. The molecule has 0 atom stereocenters. The summed E-state index contributed by atoms with van der Waals surface area (Å²) in [5.74, 6) is 0.108. The zero-order chi connectivity index (χ0) is 13.8. The Hall–Kier alpha value is -2.06. The molecule has 0 saturated carbocycles. The number of carbonyl (C=O) groups is 1. The van der Waals surface area contributed by atoms with Crippen molar-refractivity contribution < 1.29 is 9.53 Å². The second-order valence-electron chi connectivity index (χ2n) is 4.49. The number of hydrogen-bond donors (Lipinski definition) is 2. The Morgan fingerprint density at radius 2 is 2.22 bits per heavy atom. The van der Waals surface area contributed by atoms with Gasteiger partial charge >= 0.3 is 0 Å². The molecular weight excluding hydrogens is 230 g/mol. The highest BCUT2D eigenvalue weighted by Crippen LogP contribution is 2.19. The molecule has 5 heteroatoms.